The fourth-order valence-electron chi connectivity index (χ4n) is 1.75. The monoisotopic (exact) mass is 360 g/mol. The molecule has 0 radical (unpaired) electrons. The van der Waals surface area contributed by atoms with Crippen molar-refractivity contribution in [3.63, 3.8) is 0 Å². The zero-order chi connectivity index (χ0) is 15.9. The van der Waals surface area contributed by atoms with Crippen LogP contribution in [0.3, 0.4) is 0 Å². The summed E-state index contributed by atoms with van der Waals surface area (Å²) in [6.45, 7) is 3.67. The first-order chi connectivity index (χ1) is 10.6. The number of nitrogens with zero attached hydrogens (tertiary/aromatic N) is 1. The highest BCUT2D eigenvalue weighted by Gasteiger charge is 2.15. The molecule has 2 aromatic rings. The summed E-state index contributed by atoms with van der Waals surface area (Å²) in [6.07, 6.45) is 0.943. The Kier molecular flexibility index (Phi) is 5.72. The number of carbonyl (C=O) groups excluding carboxylic acids is 1. The normalized spacial score (nSPS) is 12.1. The molecular formula is C17H17BrN2O2. The molecule has 2 rings (SSSR count). The van der Waals surface area contributed by atoms with Crippen molar-refractivity contribution in [3.8, 4) is 5.75 Å². The number of hydrogen-bond acceptors (Lipinski definition) is 3. The van der Waals surface area contributed by atoms with Crippen LogP contribution in [0.5, 0.6) is 5.75 Å². The molecule has 114 valence electrons. The van der Waals surface area contributed by atoms with Crippen molar-refractivity contribution in [1.82, 2.24) is 5.43 Å². The molecule has 0 bridgehead atoms. The van der Waals surface area contributed by atoms with Gasteiger partial charge in [-0.15, -0.1) is 0 Å². The average Bonchev–Trinajstić information content (AvgIpc) is 2.51. The maximum Gasteiger partial charge on any atom is 0.280 e. The largest absolute Gasteiger partial charge is 0.480 e. The topological polar surface area (TPSA) is 50.7 Å². The van der Waals surface area contributed by atoms with Crippen molar-refractivity contribution in [2.75, 3.05) is 0 Å². The molecular weight excluding hydrogens is 344 g/mol. The number of halogens is 1. The van der Waals surface area contributed by atoms with Crippen LogP contribution in [0.1, 0.15) is 18.1 Å². The molecule has 0 aliphatic heterocycles. The van der Waals surface area contributed by atoms with Crippen molar-refractivity contribution in [2.45, 2.75) is 20.0 Å². The minimum atomic E-state index is -0.646. The van der Waals surface area contributed by atoms with Crippen LogP contribution in [0.2, 0.25) is 0 Å². The van der Waals surface area contributed by atoms with E-state index in [9.17, 15) is 4.79 Å². The Hall–Kier alpha value is -2.14. The zero-order valence-corrected chi connectivity index (χ0v) is 14.0. The molecule has 1 atom stereocenters. The molecule has 0 aliphatic carbocycles. The lowest BCUT2D eigenvalue weighted by molar-refractivity contribution is -0.127. The van der Waals surface area contributed by atoms with Crippen molar-refractivity contribution in [1.29, 1.82) is 0 Å². The quantitative estimate of drug-likeness (QED) is 0.653. The number of ether oxygens (including phenoxy) is 1. The van der Waals surface area contributed by atoms with Crippen molar-refractivity contribution < 1.29 is 9.53 Å². The second-order valence-corrected chi connectivity index (χ2v) is 5.69. The number of nitrogens with one attached hydrogen (secondary N) is 1. The Balaban J connectivity index is 1.91. The second-order valence-electron chi connectivity index (χ2n) is 4.84. The van der Waals surface area contributed by atoms with Crippen molar-refractivity contribution >= 4 is 28.1 Å². The summed E-state index contributed by atoms with van der Waals surface area (Å²) in [5.74, 6) is 0.319. The third-order valence-electron chi connectivity index (χ3n) is 2.95. The van der Waals surface area contributed by atoms with Gasteiger partial charge in [0, 0.05) is 0 Å². The van der Waals surface area contributed by atoms with Crippen LogP contribution in [0.25, 0.3) is 0 Å². The van der Waals surface area contributed by atoms with Crippen molar-refractivity contribution in [3.05, 3.63) is 64.1 Å². The van der Waals surface area contributed by atoms with Gasteiger partial charge in [-0.3, -0.25) is 4.79 Å². The molecule has 0 saturated carbocycles. The summed E-state index contributed by atoms with van der Waals surface area (Å²) in [4.78, 5) is 12.0. The fourth-order valence-corrected chi connectivity index (χ4v) is 2.33. The summed E-state index contributed by atoms with van der Waals surface area (Å²) < 4.78 is 6.45. The Labute approximate surface area is 138 Å². The molecule has 1 amide bonds. The number of hydrazone groups is 1. The van der Waals surface area contributed by atoms with Gasteiger partial charge in [-0.2, -0.15) is 5.10 Å². The molecule has 22 heavy (non-hydrogen) atoms. The van der Waals surface area contributed by atoms with E-state index in [2.05, 4.69) is 26.5 Å². The first-order valence-corrected chi connectivity index (χ1v) is 7.66. The van der Waals surface area contributed by atoms with E-state index in [-0.39, 0.29) is 5.91 Å². The smallest absolute Gasteiger partial charge is 0.280 e. The van der Waals surface area contributed by atoms with Crippen molar-refractivity contribution in [2.24, 2.45) is 5.10 Å². The predicted octanol–water partition coefficient (Wildman–Crippen LogP) is 3.68. The lowest BCUT2D eigenvalue weighted by atomic mass is 10.2. The maximum absolute atomic E-state index is 12.0. The van der Waals surface area contributed by atoms with Gasteiger partial charge in [-0.1, -0.05) is 36.4 Å². The third-order valence-corrected chi connectivity index (χ3v) is 3.57. The third kappa shape index (κ3) is 4.70. The highest BCUT2D eigenvalue weighted by Crippen LogP contribution is 2.26. The maximum atomic E-state index is 12.0. The molecule has 5 heteroatoms. The average molecular weight is 361 g/mol. The van der Waals surface area contributed by atoms with Gasteiger partial charge in [0.25, 0.3) is 5.91 Å². The van der Waals surface area contributed by atoms with E-state index in [0.29, 0.717) is 5.75 Å². The van der Waals surface area contributed by atoms with Crippen LogP contribution in [0.15, 0.2) is 58.1 Å². The lowest BCUT2D eigenvalue weighted by Gasteiger charge is -2.14. The second kappa shape index (κ2) is 7.75. The summed E-state index contributed by atoms with van der Waals surface area (Å²) in [7, 11) is 0. The van der Waals surface area contributed by atoms with Crippen LogP contribution >= 0.6 is 15.9 Å². The van der Waals surface area contributed by atoms with Gasteiger partial charge in [-0.05, 0) is 53.0 Å². The minimum absolute atomic E-state index is 0.306. The number of aryl methyl sites for hydroxylation is 1. The molecule has 0 saturated heterocycles. The Morgan fingerprint density at radius 2 is 2.00 bits per heavy atom. The number of benzene rings is 2. The van der Waals surface area contributed by atoms with E-state index in [1.807, 2.05) is 55.5 Å². The lowest BCUT2D eigenvalue weighted by Crippen LogP contribution is -2.33. The summed E-state index contributed by atoms with van der Waals surface area (Å²) in [5.41, 5.74) is 4.50. The molecule has 0 fully saturated rings. The number of hydrogen-bond donors (Lipinski definition) is 1. The molecule has 2 aromatic carbocycles. The standard InChI is InChI=1S/C17H17BrN2O2/c1-12-8-9-16(15(18)10-12)22-13(2)17(21)20-19-11-14-6-4-3-5-7-14/h3-11,13H,1-2H3,(H,20,21). The van der Waals surface area contributed by atoms with Crippen LogP contribution in [0, 0.1) is 6.92 Å². The highest BCUT2D eigenvalue weighted by atomic mass is 79.9. The SMILES string of the molecule is Cc1ccc(OC(C)C(=O)NN=Cc2ccccc2)c(Br)c1. The van der Waals surface area contributed by atoms with Gasteiger partial charge in [0.15, 0.2) is 6.10 Å². The van der Waals surface area contributed by atoms with Gasteiger partial charge in [-0.25, -0.2) is 5.43 Å². The molecule has 1 N–H and O–H groups in total. The van der Waals surface area contributed by atoms with Crippen LogP contribution in [-0.4, -0.2) is 18.2 Å². The number of rotatable bonds is 5. The van der Waals surface area contributed by atoms with Crippen LogP contribution in [0.4, 0.5) is 0 Å². The molecule has 0 aromatic heterocycles. The Bertz CT molecular complexity index is 672. The fraction of sp³-hybridized carbons (Fsp3) is 0.176. The molecule has 4 nitrogen and oxygen atoms in total. The first kappa shape index (κ1) is 16.2. The van der Waals surface area contributed by atoms with Gasteiger partial charge in [0.2, 0.25) is 0 Å². The minimum Gasteiger partial charge on any atom is -0.480 e. The van der Waals surface area contributed by atoms with E-state index in [0.717, 1.165) is 15.6 Å². The van der Waals surface area contributed by atoms with E-state index in [1.54, 1.807) is 13.1 Å². The molecule has 0 aliphatic rings. The summed E-state index contributed by atoms with van der Waals surface area (Å²) in [6, 6.07) is 15.2. The van der Waals surface area contributed by atoms with Gasteiger partial charge in [0.05, 0.1) is 10.7 Å². The van der Waals surface area contributed by atoms with E-state index in [1.165, 1.54) is 0 Å². The van der Waals surface area contributed by atoms with E-state index in [4.69, 9.17) is 4.74 Å². The molecule has 0 heterocycles. The van der Waals surface area contributed by atoms with Gasteiger partial charge >= 0.3 is 0 Å². The van der Waals surface area contributed by atoms with E-state index < -0.39 is 6.10 Å². The Morgan fingerprint density at radius 1 is 1.27 bits per heavy atom. The first-order valence-electron chi connectivity index (χ1n) is 6.87. The molecule has 1 unspecified atom stereocenters. The van der Waals surface area contributed by atoms with Gasteiger partial charge in [0.1, 0.15) is 5.75 Å². The molecule has 0 spiro atoms. The number of carbonyl (C=O) groups is 1. The summed E-state index contributed by atoms with van der Waals surface area (Å²) in [5, 5.41) is 3.92. The zero-order valence-electron chi connectivity index (χ0n) is 12.4. The van der Waals surface area contributed by atoms with Crippen LogP contribution < -0.4 is 10.2 Å². The Morgan fingerprint density at radius 3 is 2.68 bits per heavy atom. The van der Waals surface area contributed by atoms with Gasteiger partial charge < -0.3 is 4.74 Å². The highest BCUT2D eigenvalue weighted by molar-refractivity contribution is 9.10. The van der Waals surface area contributed by atoms with E-state index >= 15 is 0 Å². The summed E-state index contributed by atoms with van der Waals surface area (Å²) >= 11 is 3.42. The van der Waals surface area contributed by atoms with Crippen LogP contribution in [-0.2, 0) is 4.79 Å². The predicted molar refractivity (Wildman–Crippen MR) is 91.1 cm³/mol. The number of amides is 1.